The number of thiophene rings is 1. The van der Waals surface area contributed by atoms with E-state index in [-0.39, 0.29) is 24.4 Å². The van der Waals surface area contributed by atoms with Gasteiger partial charge < -0.3 is 19.7 Å². The molecule has 4 rings (SSSR count). The molecular formula is C24H24N2O4S. The fourth-order valence-corrected chi connectivity index (χ4v) is 4.77. The van der Waals surface area contributed by atoms with Gasteiger partial charge in [-0.25, -0.2) is 0 Å². The Labute approximate surface area is 185 Å². The Bertz CT molecular complexity index is 1070. The number of nitrogens with zero attached hydrogens (tertiary/aromatic N) is 1. The van der Waals surface area contributed by atoms with Gasteiger partial charge in [-0.15, -0.1) is 11.3 Å². The molecule has 0 saturated heterocycles. The van der Waals surface area contributed by atoms with E-state index in [9.17, 15) is 9.59 Å². The van der Waals surface area contributed by atoms with Crippen LogP contribution in [0.5, 0.6) is 11.5 Å². The van der Waals surface area contributed by atoms with Gasteiger partial charge in [-0.3, -0.25) is 9.59 Å². The average Bonchev–Trinajstić information content (AvgIpc) is 3.35. The van der Waals surface area contributed by atoms with Crippen LogP contribution in [-0.2, 0) is 11.2 Å². The van der Waals surface area contributed by atoms with Gasteiger partial charge in [0.1, 0.15) is 0 Å². The lowest BCUT2D eigenvalue weighted by Gasteiger charge is -2.37. The van der Waals surface area contributed by atoms with Crippen LogP contribution in [0.25, 0.3) is 0 Å². The molecule has 0 saturated carbocycles. The highest BCUT2D eigenvalue weighted by molar-refractivity contribution is 7.10. The number of carbonyl (C=O) groups is 2. The molecule has 2 amide bonds. The third kappa shape index (κ3) is 4.27. The Morgan fingerprint density at radius 1 is 1.06 bits per heavy atom. The standard InChI is InChI=1S/C24H24N2O4S/c1-29-19-13-17-10-11-26(22(27)15-25-24(28)16-7-4-3-5-8-16)23(21-9-6-12-31-21)18(17)14-20(19)30-2/h3-9,12-14,23H,10-11,15H2,1-2H3,(H,25,28)/t23-/m1/s1. The lowest BCUT2D eigenvalue weighted by Crippen LogP contribution is -2.45. The second kappa shape index (κ2) is 9.22. The zero-order valence-electron chi connectivity index (χ0n) is 17.5. The Balaban J connectivity index is 1.60. The van der Waals surface area contributed by atoms with Crippen LogP contribution in [0, 0.1) is 0 Å². The molecule has 7 heteroatoms. The number of hydrogen-bond donors (Lipinski definition) is 1. The van der Waals surface area contributed by atoms with Gasteiger partial charge in [0.2, 0.25) is 5.91 Å². The second-order valence-corrected chi connectivity index (χ2v) is 8.19. The summed E-state index contributed by atoms with van der Waals surface area (Å²) in [5.41, 5.74) is 2.69. The van der Waals surface area contributed by atoms with Gasteiger partial charge in [-0.1, -0.05) is 24.3 Å². The van der Waals surface area contributed by atoms with E-state index in [1.54, 1.807) is 49.8 Å². The highest BCUT2D eigenvalue weighted by atomic mass is 32.1. The van der Waals surface area contributed by atoms with E-state index >= 15 is 0 Å². The number of rotatable bonds is 6. The molecule has 6 nitrogen and oxygen atoms in total. The summed E-state index contributed by atoms with van der Waals surface area (Å²) in [7, 11) is 3.23. The van der Waals surface area contributed by atoms with Crippen LogP contribution in [0.1, 0.15) is 32.4 Å². The first-order valence-electron chi connectivity index (χ1n) is 10.0. The van der Waals surface area contributed by atoms with Crippen molar-refractivity contribution >= 4 is 23.2 Å². The van der Waals surface area contributed by atoms with Crippen molar-refractivity contribution in [1.29, 1.82) is 0 Å². The minimum Gasteiger partial charge on any atom is -0.493 e. The minimum absolute atomic E-state index is 0.0573. The third-order valence-electron chi connectivity index (χ3n) is 5.44. The number of carbonyl (C=O) groups excluding carboxylic acids is 2. The van der Waals surface area contributed by atoms with Gasteiger partial charge in [0, 0.05) is 17.0 Å². The van der Waals surface area contributed by atoms with Crippen LogP contribution in [0.4, 0.5) is 0 Å². The molecular weight excluding hydrogens is 412 g/mol. The summed E-state index contributed by atoms with van der Waals surface area (Å²) in [5.74, 6) is 0.934. The molecule has 1 N–H and O–H groups in total. The number of hydrogen-bond acceptors (Lipinski definition) is 5. The summed E-state index contributed by atoms with van der Waals surface area (Å²) in [5, 5.41) is 4.76. The van der Waals surface area contributed by atoms with Crippen LogP contribution in [-0.4, -0.2) is 44.0 Å². The van der Waals surface area contributed by atoms with Crippen LogP contribution in [0.3, 0.4) is 0 Å². The zero-order valence-corrected chi connectivity index (χ0v) is 18.3. The van der Waals surface area contributed by atoms with Gasteiger partial charge in [0.15, 0.2) is 11.5 Å². The van der Waals surface area contributed by atoms with Gasteiger partial charge in [0.05, 0.1) is 26.8 Å². The Hall–Kier alpha value is -3.32. The highest BCUT2D eigenvalue weighted by Gasteiger charge is 2.34. The van der Waals surface area contributed by atoms with Crippen LogP contribution in [0.15, 0.2) is 60.0 Å². The van der Waals surface area contributed by atoms with Crippen LogP contribution < -0.4 is 14.8 Å². The maximum atomic E-state index is 13.2. The molecule has 2 heterocycles. The van der Waals surface area contributed by atoms with Crippen molar-refractivity contribution < 1.29 is 19.1 Å². The first-order chi connectivity index (χ1) is 15.1. The molecule has 0 radical (unpaired) electrons. The van der Waals surface area contributed by atoms with Crippen molar-refractivity contribution in [3.63, 3.8) is 0 Å². The van der Waals surface area contributed by atoms with Crippen LogP contribution in [0.2, 0.25) is 0 Å². The lowest BCUT2D eigenvalue weighted by atomic mass is 9.90. The monoisotopic (exact) mass is 436 g/mol. The summed E-state index contributed by atoms with van der Waals surface area (Å²) in [6, 6.07) is 16.6. The molecule has 31 heavy (non-hydrogen) atoms. The molecule has 3 aromatic rings. The quantitative estimate of drug-likeness (QED) is 0.640. The summed E-state index contributed by atoms with van der Waals surface area (Å²) in [6.07, 6.45) is 0.704. The van der Waals surface area contributed by atoms with Gasteiger partial charge >= 0.3 is 0 Å². The summed E-state index contributed by atoms with van der Waals surface area (Å²) >= 11 is 1.61. The number of amides is 2. The van der Waals surface area contributed by atoms with E-state index < -0.39 is 0 Å². The summed E-state index contributed by atoms with van der Waals surface area (Å²) in [6.45, 7) is 0.503. The fourth-order valence-electron chi connectivity index (χ4n) is 3.92. The van der Waals surface area contributed by atoms with E-state index in [4.69, 9.17) is 9.47 Å². The molecule has 1 aliphatic heterocycles. The summed E-state index contributed by atoms with van der Waals surface area (Å²) < 4.78 is 11.0. The second-order valence-electron chi connectivity index (χ2n) is 7.21. The van der Waals surface area contributed by atoms with Gasteiger partial charge in [0.25, 0.3) is 5.91 Å². The smallest absolute Gasteiger partial charge is 0.251 e. The zero-order chi connectivity index (χ0) is 21.8. The minimum atomic E-state index is -0.259. The van der Waals surface area contributed by atoms with Gasteiger partial charge in [-0.2, -0.15) is 0 Å². The number of methoxy groups -OCH3 is 2. The number of benzene rings is 2. The van der Waals surface area contributed by atoms with Crippen molar-refractivity contribution in [3.8, 4) is 11.5 Å². The topological polar surface area (TPSA) is 67.9 Å². The van der Waals surface area contributed by atoms with Crippen molar-refractivity contribution in [1.82, 2.24) is 10.2 Å². The molecule has 0 fully saturated rings. The lowest BCUT2D eigenvalue weighted by molar-refractivity contribution is -0.132. The van der Waals surface area contributed by atoms with E-state index in [1.165, 1.54) is 0 Å². The largest absolute Gasteiger partial charge is 0.493 e. The first kappa shape index (κ1) is 20.9. The van der Waals surface area contributed by atoms with Crippen molar-refractivity contribution in [2.45, 2.75) is 12.5 Å². The third-order valence-corrected chi connectivity index (χ3v) is 6.37. The molecule has 0 spiro atoms. The molecule has 1 aliphatic rings. The molecule has 1 aromatic heterocycles. The van der Waals surface area contributed by atoms with E-state index in [0.717, 1.165) is 16.0 Å². The molecule has 0 unspecified atom stereocenters. The predicted octanol–water partition coefficient (Wildman–Crippen LogP) is 3.67. The first-order valence-corrected chi connectivity index (χ1v) is 10.9. The molecule has 0 bridgehead atoms. The number of fused-ring (bicyclic) bond motifs is 1. The van der Waals surface area contributed by atoms with Crippen LogP contribution >= 0.6 is 11.3 Å². The number of ether oxygens (including phenoxy) is 2. The Morgan fingerprint density at radius 3 is 2.48 bits per heavy atom. The van der Waals surface area contributed by atoms with E-state index in [2.05, 4.69) is 5.32 Å². The maximum absolute atomic E-state index is 13.2. The summed E-state index contributed by atoms with van der Waals surface area (Å²) in [4.78, 5) is 28.5. The molecule has 2 aromatic carbocycles. The van der Waals surface area contributed by atoms with Crippen molar-refractivity contribution in [2.24, 2.45) is 0 Å². The average molecular weight is 437 g/mol. The Morgan fingerprint density at radius 2 is 1.81 bits per heavy atom. The highest BCUT2D eigenvalue weighted by Crippen LogP contribution is 2.42. The maximum Gasteiger partial charge on any atom is 0.251 e. The van der Waals surface area contributed by atoms with Gasteiger partial charge in [-0.05, 0) is 53.3 Å². The SMILES string of the molecule is COc1cc2c(cc1OC)[C@H](c1cccs1)N(C(=O)CNC(=O)c1ccccc1)CC2. The number of nitrogens with one attached hydrogen (secondary N) is 1. The predicted molar refractivity (Wildman–Crippen MR) is 120 cm³/mol. The molecule has 1 atom stereocenters. The van der Waals surface area contributed by atoms with Crippen molar-refractivity contribution in [3.05, 3.63) is 81.5 Å². The van der Waals surface area contributed by atoms with Crippen molar-refractivity contribution in [2.75, 3.05) is 27.3 Å². The normalized spacial score (nSPS) is 15.2. The van der Waals surface area contributed by atoms with E-state index in [1.807, 2.05) is 40.6 Å². The molecule has 160 valence electrons. The van der Waals surface area contributed by atoms with E-state index in [0.29, 0.717) is 30.0 Å². The Kier molecular flexibility index (Phi) is 6.23. The molecule has 0 aliphatic carbocycles. The fraction of sp³-hybridized carbons (Fsp3) is 0.250.